The molecule has 2 N–H and O–H groups in total. The van der Waals surface area contributed by atoms with E-state index in [-0.39, 0.29) is 6.03 Å². The lowest BCUT2D eigenvalue weighted by Crippen LogP contribution is -2.30. The Morgan fingerprint density at radius 3 is 2.91 bits per heavy atom. The van der Waals surface area contributed by atoms with E-state index in [9.17, 15) is 4.79 Å². The van der Waals surface area contributed by atoms with Gasteiger partial charge in [-0.1, -0.05) is 12.1 Å². The number of aryl methyl sites for hydroxylation is 1. The predicted molar refractivity (Wildman–Crippen MR) is 95.8 cm³/mol. The number of carbonyl (C=O) groups excluding carboxylic acids is 1. The Morgan fingerprint density at radius 1 is 1.23 bits per heavy atom. The van der Waals surface area contributed by atoms with Gasteiger partial charge < -0.3 is 10.6 Å². The van der Waals surface area contributed by atoms with Crippen LogP contribution in [0.2, 0.25) is 0 Å². The quantitative estimate of drug-likeness (QED) is 0.791. The minimum atomic E-state index is -0.156. The van der Waals surface area contributed by atoms with Crippen LogP contribution in [0.15, 0.2) is 34.1 Å². The Morgan fingerprint density at radius 2 is 2.05 bits per heavy atom. The maximum atomic E-state index is 11.9. The first kappa shape index (κ1) is 15.6. The molecule has 0 bridgehead atoms. The molecule has 1 heterocycles. The van der Waals surface area contributed by atoms with Crippen molar-refractivity contribution < 1.29 is 4.79 Å². The van der Waals surface area contributed by atoms with E-state index in [1.807, 2.05) is 35.6 Å². The van der Waals surface area contributed by atoms with Crippen LogP contribution in [0.3, 0.4) is 0 Å². The number of fused-ring (bicyclic) bond motifs is 1. The molecule has 1 aromatic carbocycles. The number of hydrogen-bond donors (Lipinski definition) is 2. The molecule has 0 saturated heterocycles. The van der Waals surface area contributed by atoms with Gasteiger partial charge in [0.1, 0.15) is 0 Å². The first-order chi connectivity index (χ1) is 10.7. The highest BCUT2D eigenvalue weighted by Gasteiger charge is 2.15. The number of halogens is 1. The third-order valence-corrected chi connectivity index (χ3v) is 5.78. The molecular weight excluding hydrogens is 360 g/mol. The number of rotatable bonds is 4. The zero-order valence-electron chi connectivity index (χ0n) is 12.3. The summed E-state index contributed by atoms with van der Waals surface area (Å²) in [5, 5.41) is 8.06. The monoisotopic (exact) mass is 378 g/mol. The fourth-order valence-corrected chi connectivity index (χ4v) is 4.38. The van der Waals surface area contributed by atoms with Crippen LogP contribution in [0.4, 0.5) is 10.5 Å². The van der Waals surface area contributed by atoms with Gasteiger partial charge in [-0.2, -0.15) is 0 Å². The van der Waals surface area contributed by atoms with Gasteiger partial charge in [-0.05, 0) is 76.7 Å². The van der Waals surface area contributed by atoms with E-state index in [4.69, 9.17) is 0 Å². The lowest BCUT2D eigenvalue weighted by molar-refractivity contribution is 0.252. The molecule has 0 fully saturated rings. The smallest absolute Gasteiger partial charge is 0.319 e. The fraction of sp³-hybridized carbons (Fsp3) is 0.353. The molecule has 22 heavy (non-hydrogen) atoms. The summed E-state index contributed by atoms with van der Waals surface area (Å²) in [6, 6.07) is 7.45. The summed E-state index contributed by atoms with van der Waals surface area (Å²) < 4.78 is 0.886. The van der Waals surface area contributed by atoms with Gasteiger partial charge in [0.25, 0.3) is 0 Å². The molecule has 0 saturated carbocycles. The maximum absolute atomic E-state index is 11.9. The predicted octanol–water partition coefficient (Wildman–Crippen LogP) is 4.75. The lowest BCUT2D eigenvalue weighted by atomic mass is 9.95. The summed E-state index contributed by atoms with van der Waals surface area (Å²) in [7, 11) is 0. The van der Waals surface area contributed by atoms with Gasteiger partial charge in [0.2, 0.25) is 0 Å². The molecule has 2 aromatic rings. The van der Waals surface area contributed by atoms with Crippen LogP contribution in [0.25, 0.3) is 0 Å². The molecule has 0 radical (unpaired) electrons. The highest BCUT2D eigenvalue weighted by atomic mass is 79.9. The minimum absolute atomic E-state index is 0.156. The standard InChI is InChI=1S/C17H19BrN2OS/c18-14-6-2-3-7-15(14)20-17(21)19-10-9-12-11-22-16-8-4-1-5-13(12)16/h2-3,6-7,11H,1,4-5,8-10H2,(H2,19,20,21). The van der Waals surface area contributed by atoms with Crippen molar-refractivity contribution in [2.75, 3.05) is 11.9 Å². The Labute approximate surface area is 143 Å². The van der Waals surface area contributed by atoms with E-state index in [1.165, 1.54) is 31.2 Å². The molecule has 5 heteroatoms. The molecule has 0 spiro atoms. The first-order valence-corrected chi connectivity index (χ1v) is 9.29. The van der Waals surface area contributed by atoms with E-state index < -0.39 is 0 Å². The number of thiophene rings is 1. The Hall–Kier alpha value is -1.33. The van der Waals surface area contributed by atoms with Gasteiger partial charge >= 0.3 is 6.03 Å². The summed E-state index contributed by atoms with van der Waals surface area (Å²) in [4.78, 5) is 13.5. The second-order valence-corrected chi connectivity index (χ2v) is 7.30. The summed E-state index contributed by atoms with van der Waals surface area (Å²) in [5.74, 6) is 0. The SMILES string of the molecule is O=C(NCCc1csc2c1CCCC2)Nc1ccccc1Br. The van der Waals surface area contributed by atoms with Crippen LogP contribution >= 0.6 is 27.3 Å². The van der Waals surface area contributed by atoms with Crippen LogP contribution in [0, 0.1) is 0 Å². The summed E-state index contributed by atoms with van der Waals surface area (Å²) in [6.45, 7) is 0.666. The number of carbonyl (C=O) groups is 1. The van der Waals surface area contributed by atoms with Crippen LogP contribution in [-0.2, 0) is 19.3 Å². The molecule has 1 aromatic heterocycles. The van der Waals surface area contributed by atoms with Crippen LogP contribution in [0.1, 0.15) is 28.8 Å². The molecule has 0 aliphatic heterocycles. The zero-order valence-corrected chi connectivity index (χ0v) is 14.7. The number of amides is 2. The minimum Gasteiger partial charge on any atom is -0.338 e. The van der Waals surface area contributed by atoms with Gasteiger partial charge in [-0.15, -0.1) is 11.3 Å². The number of nitrogens with one attached hydrogen (secondary N) is 2. The van der Waals surface area contributed by atoms with Gasteiger partial charge in [0.15, 0.2) is 0 Å². The molecule has 0 atom stereocenters. The maximum Gasteiger partial charge on any atom is 0.319 e. The van der Waals surface area contributed by atoms with Crippen molar-refractivity contribution in [1.29, 1.82) is 0 Å². The van der Waals surface area contributed by atoms with E-state index >= 15 is 0 Å². The van der Waals surface area contributed by atoms with Gasteiger partial charge in [0.05, 0.1) is 5.69 Å². The topological polar surface area (TPSA) is 41.1 Å². The van der Waals surface area contributed by atoms with Gasteiger partial charge in [-0.3, -0.25) is 0 Å². The molecule has 0 unspecified atom stereocenters. The average molecular weight is 379 g/mol. The molecule has 116 valence electrons. The van der Waals surface area contributed by atoms with Gasteiger partial charge in [-0.25, -0.2) is 4.79 Å². The molecule has 2 amide bonds. The molecule has 1 aliphatic rings. The third kappa shape index (κ3) is 3.70. The molecule has 3 nitrogen and oxygen atoms in total. The van der Waals surface area contributed by atoms with Crippen molar-refractivity contribution in [3.8, 4) is 0 Å². The lowest BCUT2D eigenvalue weighted by Gasteiger charge is -2.13. The van der Waals surface area contributed by atoms with Crippen molar-refractivity contribution in [2.24, 2.45) is 0 Å². The number of anilines is 1. The summed E-state index contributed by atoms with van der Waals surface area (Å²) in [5.41, 5.74) is 3.75. The Balaban J connectivity index is 1.50. The van der Waals surface area contributed by atoms with Gasteiger partial charge in [0, 0.05) is 15.9 Å². The van der Waals surface area contributed by atoms with Crippen molar-refractivity contribution in [3.63, 3.8) is 0 Å². The van der Waals surface area contributed by atoms with Crippen LogP contribution in [0.5, 0.6) is 0 Å². The Kier molecular flexibility index (Phi) is 5.16. The van der Waals surface area contributed by atoms with Crippen LogP contribution < -0.4 is 10.6 Å². The number of benzene rings is 1. The average Bonchev–Trinajstić information content (AvgIpc) is 2.93. The molecule has 1 aliphatic carbocycles. The van der Waals surface area contributed by atoms with E-state index in [0.29, 0.717) is 6.54 Å². The highest BCUT2D eigenvalue weighted by Crippen LogP contribution is 2.30. The largest absolute Gasteiger partial charge is 0.338 e. The van der Waals surface area contributed by atoms with E-state index in [1.54, 1.807) is 10.4 Å². The summed E-state index contributed by atoms with van der Waals surface area (Å²) >= 11 is 5.31. The molecular formula is C17H19BrN2OS. The summed E-state index contributed by atoms with van der Waals surface area (Å²) in [6.07, 6.45) is 5.97. The van der Waals surface area contributed by atoms with E-state index in [2.05, 4.69) is 31.9 Å². The number of hydrogen-bond acceptors (Lipinski definition) is 2. The third-order valence-electron chi connectivity index (χ3n) is 3.95. The normalized spacial score (nSPS) is 13.5. The van der Waals surface area contributed by atoms with Crippen molar-refractivity contribution in [2.45, 2.75) is 32.1 Å². The first-order valence-electron chi connectivity index (χ1n) is 7.61. The second-order valence-electron chi connectivity index (χ2n) is 5.48. The zero-order chi connectivity index (χ0) is 15.4. The fourth-order valence-electron chi connectivity index (χ4n) is 2.81. The van der Waals surface area contributed by atoms with Crippen LogP contribution in [-0.4, -0.2) is 12.6 Å². The Bertz CT molecular complexity index is 668. The molecule has 3 rings (SSSR count). The highest BCUT2D eigenvalue weighted by molar-refractivity contribution is 9.10. The number of para-hydroxylation sites is 1. The number of urea groups is 1. The van der Waals surface area contributed by atoms with Crippen molar-refractivity contribution >= 4 is 39.0 Å². The van der Waals surface area contributed by atoms with Crippen molar-refractivity contribution in [1.82, 2.24) is 5.32 Å². The van der Waals surface area contributed by atoms with Crippen molar-refractivity contribution in [3.05, 3.63) is 50.1 Å². The van der Waals surface area contributed by atoms with E-state index in [0.717, 1.165) is 16.6 Å². The second kappa shape index (κ2) is 7.29.